The molecule has 104 valence electrons. The van der Waals surface area contributed by atoms with Crippen molar-refractivity contribution < 1.29 is 5.11 Å². The normalized spacial score (nSPS) is 28.5. The maximum absolute atomic E-state index is 10.3. The van der Waals surface area contributed by atoms with Crippen molar-refractivity contribution in [2.75, 3.05) is 19.6 Å². The Morgan fingerprint density at radius 3 is 2.58 bits per heavy atom. The Morgan fingerprint density at radius 2 is 1.89 bits per heavy atom. The molecule has 1 saturated carbocycles. The fraction of sp³-hybridized carbons (Fsp3) is 0.625. The van der Waals surface area contributed by atoms with E-state index in [1.165, 1.54) is 32.4 Å². The van der Waals surface area contributed by atoms with Crippen LogP contribution in [0.25, 0.3) is 0 Å². The van der Waals surface area contributed by atoms with Gasteiger partial charge in [-0.2, -0.15) is 0 Å². The average molecular weight is 324 g/mol. The number of aliphatic hydroxyl groups excluding tert-OH is 1. The van der Waals surface area contributed by atoms with Crippen LogP contribution in [0.4, 0.5) is 0 Å². The van der Waals surface area contributed by atoms with Gasteiger partial charge in [-0.15, -0.1) is 0 Å². The highest BCUT2D eigenvalue weighted by atomic mass is 79.9. The molecule has 3 rings (SSSR count). The molecule has 1 aliphatic heterocycles. The summed E-state index contributed by atoms with van der Waals surface area (Å²) in [6.45, 7) is 3.54. The summed E-state index contributed by atoms with van der Waals surface area (Å²) >= 11 is 3.52. The average Bonchev–Trinajstić information content (AvgIpc) is 2.97. The van der Waals surface area contributed by atoms with Crippen molar-refractivity contribution in [2.45, 2.75) is 31.8 Å². The van der Waals surface area contributed by atoms with Gasteiger partial charge >= 0.3 is 0 Å². The third-order valence-electron chi connectivity index (χ3n) is 4.78. The second kappa shape index (κ2) is 5.94. The van der Waals surface area contributed by atoms with E-state index in [1.807, 2.05) is 24.3 Å². The molecule has 0 amide bonds. The smallest absolute Gasteiger partial charge is 0.0813 e. The molecule has 0 bridgehead atoms. The Balaban J connectivity index is 1.51. The molecule has 2 fully saturated rings. The Morgan fingerprint density at radius 1 is 1.21 bits per heavy atom. The molecule has 1 N–H and O–H groups in total. The van der Waals surface area contributed by atoms with Crippen LogP contribution in [0.2, 0.25) is 0 Å². The summed E-state index contributed by atoms with van der Waals surface area (Å²) < 4.78 is 1.01. The van der Waals surface area contributed by atoms with Gasteiger partial charge in [0.2, 0.25) is 0 Å². The molecule has 19 heavy (non-hydrogen) atoms. The number of nitrogens with zero attached hydrogens (tertiary/aromatic N) is 1. The standard InChI is InChI=1S/C16H22BrNO/c17-15-7-2-1-6-14(15)16(19)8-9-18-10-12-4-3-5-13(12)11-18/h1-2,6-7,12-13,16,19H,3-5,8-11H2. The zero-order valence-corrected chi connectivity index (χ0v) is 12.8. The lowest BCUT2D eigenvalue weighted by Gasteiger charge is -2.19. The van der Waals surface area contributed by atoms with E-state index < -0.39 is 0 Å². The van der Waals surface area contributed by atoms with E-state index in [-0.39, 0.29) is 6.10 Å². The van der Waals surface area contributed by atoms with Crippen LogP contribution in [0.3, 0.4) is 0 Å². The van der Waals surface area contributed by atoms with Gasteiger partial charge in [-0.05, 0) is 42.7 Å². The third-order valence-corrected chi connectivity index (χ3v) is 5.51. The molecule has 1 aromatic carbocycles. The molecule has 3 unspecified atom stereocenters. The van der Waals surface area contributed by atoms with E-state index in [1.54, 1.807) is 0 Å². The van der Waals surface area contributed by atoms with Gasteiger partial charge in [-0.1, -0.05) is 40.5 Å². The molecule has 1 aliphatic carbocycles. The van der Waals surface area contributed by atoms with E-state index in [4.69, 9.17) is 0 Å². The molecular weight excluding hydrogens is 302 g/mol. The zero-order valence-electron chi connectivity index (χ0n) is 11.3. The number of benzene rings is 1. The van der Waals surface area contributed by atoms with E-state index >= 15 is 0 Å². The molecule has 0 radical (unpaired) electrons. The second-order valence-corrected chi connectivity index (χ2v) is 6.89. The van der Waals surface area contributed by atoms with Crippen LogP contribution in [0, 0.1) is 11.8 Å². The zero-order chi connectivity index (χ0) is 13.2. The van der Waals surface area contributed by atoms with Gasteiger partial charge in [0, 0.05) is 24.1 Å². The van der Waals surface area contributed by atoms with Crippen LogP contribution in [-0.2, 0) is 0 Å². The van der Waals surface area contributed by atoms with E-state index in [0.717, 1.165) is 34.8 Å². The topological polar surface area (TPSA) is 23.5 Å². The quantitative estimate of drug-likeness (QED) is 0.915. The predicted molar refractivity (Wildman–Crippen MR) is 81.0 cm³/mol. The minimum atomic E-state index is -0.351. The summed E-state index contributed by atoms with van der Waals surface area (Å²) in [7, 11) is 0. The van der Waals surface area contributed by atoms with Crippen molar-refractivity contribution in [1.29, 1.82) is 0 Å². The molecule has 2 aliphatic rings. The Bertz CT molecular complexity index is 425. The van der Waals surface area contributed by atoms with Gasteiger partial charge in [0.05, 0.1) is 6.10 Å². The van der Waals surface area contributed by atoms with Crippen LogP contribution in [-0.4, -0.2) is 29.6 Å². The summed E-state index contributed by atoms with van der Waals surface area (Å²) in [6, 6.07) is 7.98. The Kier molecular flexibility index (Phi) is 4.25. The Hall–Kier alpha value is -0.380. The molecule has 1 saturated heterocycles. The fourth-order valence-electron chi connectivity index (χ4n) is 3.72. The van der Waals surface area contributed by atoms with Gasteiger partial charge in [-0.3, -0.25) is 0 Å². The predicted octanol–water partition coefficient (Wildman–Crippen LogP) is 3.60. The first-order valence-electron chi connectivity index (χ1n) is 7.39. The molecule has 0 aromatic heterocycles. The highest BCUT2D eigenvalue weighted by Gasteiger charge is 2.35. The summed E-state index contributed by atoms with van der Waals surface area (Å²) in [4.78, 5) is 2.55. The van der Waals surface area contributed by atoms with Gasteiger partial charge in [0.25, 0.3) is 0 Å². The van der Waals surface area contributed by atoms with Gasteiger partial charge < -0.3 is 10.0 Å². The van der Waals surface area contributed by atoms with Gasteiger partial charge in [0.1, 0.15) is 0 Å². The summed E-state index contributed by atoms with van der Waals surface area (Å²) in [5, 5.41) is 10.3. The largest absolute Gasteiger partial charge is 0.388 e. The van der Waals surface area contributed by atoms with Crippen molar-refractivity contribution in [2.24, 2.45) is 11.8 Å². The van der Waals surface area contributed by atoms with Gasteiger partial charge in [0.15, 0.2) is 0 Å². The van der Waals surface area contributed by atoms with Crippen LogP contribution in [0.5, 0.6) is 0 Å². The first-order chi connectivity index (χ1) is 9.24. The molecule has 1 heterocycles. The first kappa shape index (κ1) is 13.6. The van der Waals surface area contributed by atoms with Crippen molar-refractivity contribution in [1.82, 2.24) is 4.90 Å². The molecule has 2 nitrogen and oxygen atoms in total. The van der Waals surface area contributed by atoms with Crippen LogP contribution in [0.15, 0.2) is 28.7 Å². The lowest BCUT2D eigenvalue weighted by molar-refractivity contribution is 0.146. The molecule has 0 spiro atoms. The third kappa shape index (κ3) is 3.04. The van der Waals surface area contributed by atoms with Crippen LogP contribution >= 0.6 is 15.9 Å². The van der Waals surface area contributed by atoms with Crippen molar-refractivity contribution >= 4 is 15.9 Å². The first-order valence-corrected chi connectivity index (χ1v) is 8.18. The highest BCUT2D eigenvalue weighted by Crippen LogP contribution is 2.38. The van der Waals surface area contributed by atoms with Crippen molar-refractivity contribution in [3.05, 3.63) is 34.3 Å². The lowest BCUT2D eigenvalue weighted by atomic mass is 10.0. The fourth-order valence-corrected chi connectivity index (χ4v) is 4.27. The molecule has 3 heteroatoms. The van der Waals surface area contributed by atoms with E-state index in [0.29, 0.717) is 0 Å². The molecule has 3 atom stereocenters. The maximum atomic E-state index is 10.3. The number of hydrogen-bond donors (Lipinski definition) is 1. The van der Waals surface area contributed by atoms with Crippen molar-refractivity contribution in [3.8, 4) is 0 Å². The number of rotatable bonds is 4. The SMILES string of the molecule is OC(CCN1CC2CCCC2C1)c1ccccc1Br. The summed E-state index contributed by atoms with van der Waals surface area (Å²) in [5.74, 6) is 1.89. The Labute approximate surface area is 123 Å². The number of likely N-dealkylation sites (tertiary alicyclic amines) is 1. The van der Waals surface area contributed by atoms with E-state index in [2.05, 4.69) is 20.8 Å². The number of aliphatic hydroxyl groups is 1. The van der Waals surface area contributed by atoms with Crippen LogP contribution < -0.4 is 0 Å². The minimum Gasteiger partial charge on any atom is -0.388 e. The van der Waals surface area contributed by atoms with Gasteiger partial charge in [-0.25, -0.2) is 0 Å². The van der Waals surface area contributed by atoms with E-state index in [9.17, 15) is 5.11 Å². The monoisotopic (exact) mass is 323 g/mol. The summed E-state index contributed by atoms with van der Waals surface area (Å²) in [6.07, 6.45) is 4.77. The number of halogens is 1. The highest BCUT2D eigenvalue weighted by molar-refractivity contribution is 9.10. The molecule has 1 aromatic rings. The number of fused-ring (bicyclic) bond motifs is 1. The number of hydrogen-bond acceptors (Lipinski definition) is 2. The lowest BCUT2D eigenvalue weighted by Crippen LogP contribution is -2.24. The second-order valence-electron chi connectivity index (χ2n) is 6.04. The molecular formula is C16H22BrNO. The van der Waals surface area contributed by atoms with Crippen LogP contribution in [0.1, 0.15) is 37.4 Å². The minimum absolute atomic E-state index is 0.351. The summed E-state index contributed by atoms with van der Waals surface area (Å²) in [5.41, 5.74) is 1.02. The van der Waals surface area contributed by atoms with Crippen molar-refractivity contribution in [3.63, 3.8) is 0 Å². The maximum Gasteiger partial charge on any atom is 0.0813 e.